The van der Waals surface area contributed by atoms with E-state index >= 15 is 0 Å². The number of rotatable bonds is 4. The van der Waals surface area contributed by atoms with Crippen molar-refractivity contribution in [3.8, 4) is 22.1 Å². The average Bonchev–Trinajstić information content (AvgIpc) is 3.33. The molecule has 2 aliphatic rings. The molecule has 0 radical (unpaired) electrons. The summed E-state index contributed by atoms with van der Waals surface area (Å²) < 4.78 is 10.7. The second-order valence-electron chi connectivity index (χ2n) is 5.97. The molecule has 25 heavy (non-hydrogen) atoms. The number of thiazole rings is 1. The summed E-state index contributed by atoms with van der Waals surface area (Å²) in [6.07, 6.45) is 1.35. The SMILES string of the molecule is O=C(O)[C@@H]1CCCN1C(=O)Cc1csc(-c2ccc3c(c2)OCO3)n1. The molecule has 130 valence electrons. The zero-order valence-electron chi connectivity index (χ0n) is 13.3. The average molecular weight is 360 g/mol. The first-order valence-corrected chi connectivity index (χ1v) is 8.86. The van der Waals surface area contributed by atoms with Crippen LogP contribution < -0.4 is 9.47 Å². The summed E-state index contributed by atoms with van der Waals surface area (Å²) in [7, 11) is 0. The minimum atomic E-state index is -0.940. The predicted molar refractivity (Wildman–Crippen MR) is 89.7 cm³/mol. The number of aromatic nitrogens is 1. The van der Waals surface area contributed by atoms with Crippen molar-refractivity contribution in [2.24, 2.45) is 0 Å². The first-order chi connectivity index (χ1) is 12.1. The number of carbonyl (C=O) groups is 2. The summed E-state index contributed by atoms with van der Waals surface area (Å²) in [5.74, 6) is 0.272. The standard InChI is InChI=1S/C17H16N2O5S/c20-15(19-5-1-2-12(19)17(21)22)7-11-8-25-16(18-11)10-3-4-13-14(6-10)24-9-23-13/h3-4,6,8,12H,1-2,5,7,9H2,(H,21,22)/t12-/m0/s1. The van der Waals surface area contributed by atoms with Crippen LogP contribution in [0, 0.1) is 0 Å². The van der Waals surface area contributed by atoms with Crippen molar-refractivity contribution in [1.29, 1.82) is 0 Å². The number of hydrogen-bond acceptors (Lipinski definition) is 6. The maximum atomic E-state index is 12.4. The van der Waals surface area contributed by atoms with Crippen LogP contribution in [0.15, 0.2) is 23.6 Å². The van der Waals surface area contributed by atoms with E-state index in [0.717, 1.165) is 17.0 Å². The van der Waals surface area contributed by atoms with Gasteiger partial charge in [0.1, 0.15) is 11.0 Å². The number of amides is 1. The Morgan fingerprint density at radius 1 is 1.32 bits per heavy atom. The molecule has 1 saturated heterocycles. The van der Waals surface area contributed by atoms with Gasteiger partial charge in [-0.3, -0.25) is 4.79 Å². The minimum Gasteiger partial charge on any atom is -0.480 e. The number of fused-ring (bicyclic) bond motifs is 1. The molecule has 0 unspecified atom stereocenters. The monoisotopic (exact) mass is 360 g/mol. The lowest BCUT2D eigenvalue weighted by Gasteiger charge is -2.20. The fourth-order valence-corrected chi connectivity index (χ4v) is 3.95. The summed E-state index contributed by atoms with van der Waals surface area (Å²) in [6, 6.07) is 4.90. The molecule has 2 aliphatic heterocycles. The molecule has 0 aliphatic carbocycles. The fraction of sp³-hybridized carbons (Fsp3) is 0.353. The molecule has 0 bridgehead atoms. The highest BCUT2D eigenvalue weighted by atomic mass is 32.1. The number of carboxylic acid groups (broad SMARTS) is 1. The third kappa shape index (κ3) is 3.05. The molecular weight excluding hydrogens is 344 g/mol. The number of hydrogen-bond donors (Lipinski definition) is 1. The molecule has 1 atom stereocenters. The molecule has 1 aromatic heterocycles. The summed E-state index contributed by atoms with van der Waals surface area (Å²) >= 11 is 1.45. The highest BCUT2D eigenvalue weighted by Gasteiger charge is 2.33. The largest absolute Gasteiger partial charge is 0.480 e. The van der Waals surface area contributed by atoms with Gasteiger partial charge in [-0.1, -0.05) is 0 Å². The lowest BCUT2D eigenvalue weighted by Crippen LogP contribution is -2.41. The molecule has 1 N–H and O–H groups in total. The fourth-order valence-electron chi connectivity index (χ4n) is 3.13. The molecule has 0 saturated carbocycles. The number of benzene rings is 1. The van der Waals surface area contributed by atoms with Crippen LogP contribution in [0.4, 0.5) is 0 Å². The van der Waals surface area contributed by atoms with Gasteiger partial charge in [0.05, 0.1) is 12.1 Å². The predicted octanol–water partition coefficient (Wildman–Crippen LogP) is 2.16. The smallest absolute Gasteiger partial charge is 0.326 e. The Kier molecular flexibility index (Phi) is 4.04. The van der Waals surface area contributed by atoms with Gasteiger partial charge in [0, 0.05) is 17.5 Å². The molecule has 3 heterocycles. The van der Waals surface area contributed by atoms with E-state index < -0.39 is 12.0 Å². The minimum absolute atomic E-state index is 0.116. The molecule has 1 fully saturated rings. The van der Waals surface area contributed by atoms with Gasteiger partial charge in [-0.05, 0) is 31.0 Å². The van der Waals surface area contributed by atoms with Crippen LogP contribution in [0.2, 0.25) is 0 Å². The maximum absolute atomic E-state index is 12.4. The van der Waals surface area contributed by atoms with Gasteiger partial charge < -0.3 is 19.5 Å². The highest BCUT2D eigenvalue weighted by Crippen LogP contribution is 2.36. The Morgan fingerprint density at radius 3 is 3.00 bits per heavy atom. The maximum Gasteiger partial charge on any atom is 0.326 e. The third-order valence-corrected chi connectivity index (χ3v) is 5.30. The van der Waals surface area contributed by atoms with Gasteiger partial charge in [-0.2, -0.15) is 0 Å². The number of carbonyl (C=O) groups excluding carboxylic acids is 1. The van der Waals surface area contributed by atoms with Gasteiger partial charge in [-0.15, -0.1) is 11.3 Å². The van der Waals surface area contributed by atoms with Crippen molar-refractivity contribution in [3.05, 3.63) is 29.3 Å². The second kappa shape index (κ2) is 6.36. The Balaban J connectivity index is 1.48. The van der Waals surface area contributed by atoms with Crippen LogP contribution in [-0.2, 0) is 16.0 Å². The summed E-state index contributed by atoms with van der Waals surface area (Å²) in [5, 5.41) is 11.8. The van der Waals surface area contributed by atoms with Crippen molar-refractivity contribution in [2.45, 2.75) is 25.3 Å². The molecule has 1 aromatic carbocycles. The van der Waals surface area contributed by atoms with Crippen LogP contribution in [0.5, 0.6) is 11.5 Å². The van der Waals surface area contributed by atoms with Crippen molar-refractivity contribution in [1.82, 2.24) is 9.88 Å². The van der Waals surface area contributed by atoms with Crippen molar-refractivity contribution < 1.29 is 24.2 Å². The molecule has 8 heteroatoms. The molecule has 2 aromatic rings. The van der Waals surface area contributed by atoms with Crippen LogP contribution >= 0.6 is 11.3 Å². The molecular formula is C17H16N2O5S. The van der Waals surface area contributed by atoms with E-state index in [4.69, 9.17) is 9.47 Å². The number of likely N-dealkylation sites (tertiary alicyclic amines) is 1. The van der Waals surface area contributed by atoms with Crippen molar-refractivity contribution >= 4 is 23.2 Å². The molecule has 7 nitrogen and oxygen atoms in total. The lowest BCUT2D eigenvalue weighted by atomic mass is 10.2. The van der Waals surface area contributed by atoms with Gasteiger partial charge >= 0.3 is 5.97 Å². The number of ether oxygens (including phenoxy) is 2. The number of carboxylic acids is 1. The summed E-state index contributed by atoms with van der Waals surface area (Å²) in [6.45, 7) is 0.714. The normalized spacial score (nSPS) is 18.6. The van der Waals surface area contributed by atoms with E-state index in [1.54, 1.807) is 0 Å². The second-order valence-corrected chi connectivity index (χ2v) is 6.83. The van der Waals surface area contributed by atoms with Gasteiger partial charge in [0.25, 0.3) is 0 Å². The number of aliphatic carboxylic acids is 1. The number of nitrogens with zero attached hydrogens (tertiary/aromatic N) is 2. The Morgan fingerprint density at radius 2 is 2.16 bits per heavy atom. The molecule has 4 rings (SSSR count). The van der Waals surface area contributed by atoms with E-state index in [9.17, 15) is 14.7 Å². The topological polar surface area (TPSA) is 89.0 Å². The highest BCUT2D eigenvalue weighted by molar-refractivity contribution is 7.13. The lowest BCUT2D eigenvalue weighted by molar-refractivity contribution is -0.148. The van der Waals surface area contributed by atoms with E-state index in [1.807, 2.05) is 23.6 Å². The van der Waals surface area contributed by atoms with Crippen LogP contribution in [0.25, 0.3) is 10.6 Å². The van der Waals surface area contributed by atoms with Gasteiger partial charge in [0.2, 0.25) is 12.7 Å². The zero-order chi connectivity index (χ0) is 17.4. The Labute approximate surface area is 147 Å². The van der Waals surface area contributed by atoms with E-state index in [0.29, 0.717) is 30.2 Å². The molecule has 0 spiro atoms. The first kappa shape index (κ1) is 15.9. The first-order valence-electron chi connectivity index (χ1n) is 7.98. The Bertz CT molecular complexity index is 834. The Hall–Kier alpha value is -2.61. The molecule has 1 amide bonds. The quantitative estimate of drug-likeness (QED) is 0.899. The van der Waals surface area contributed by atoms with Crippen molar-refractivity contribution in [3.63, 3.8) is 0 Å². The van der Waals surface area contributed by atoms with Crippen LogP contribution in [0.1, 0.15) is 18.5 Å². The summed E-state index contributed by atoms with van der Waals surface area (Å²) in [4.78, 5) is 29.6. The van der Waals surface area contributed by atoms with Crippen LogP contribution in [0.3, 0.4) is 0 Å². The van der Waals surface area contributed by atoms with Crippen molar-refractivity contribution in [2.75, 3.05) is 13.3 Å². The third-order valence-electron chi connectivity index (χ3n) is 4.36. The summed E-state index contributed by atoms with van der Waals surface area (Å²) in [5.41, 5.74) is 1.55. The van der Waals surface area contributed by atoms with Gasteiger partial charge in [0.15, 0.2) is 11.5 Å². The van der Waals surface area contributed by atoms with E-state index in [-0.39, 0.29) is 19.1 Å². The zero-order valence-corrected chi connectivity index (χ0v) is 14.1. The van der Waals surface area contributed by atoms with Crippen LogP contribution in [-0.4, -0.2) is 46.2 Å². The van der Waals surface area contributed by atoms with E-state index in [1.165, 1.54) is 16.2 Å². The van der Waals surface area contributed by atoms with Gasteiger partial charge in [-0.25, -0.2) is 9.78 Å². The van der Waals surface area contributed by atoms with E-state index in [2.05, 4.69) is 4.98 Å².